The maximum Gasteiger partial charge on any atom is 0.262 e. The minimum Gasteiger partial charge on any atom is -0.340 e. The fourth-order valence-electron chi connectivity index (χ4n) is 4.72. The Bertz CT molecular complexity index is 1040. The number of nitrogens with zero attached hydrogens (tertiary/aromatic N) is 3. The number of rotatable bonds is 2. The van der Waals surface area contributed by atoms with Crippen LogP contribution in [0.25, 0.3) is 0 Å². The first-order chi connectivity index (χ1) is 13.5. The molecule has 1 aromatic carbocycles. The lowest BCUT2D eigenvalue weighted by molar-refractivity contribution is -0.134. The lowest BCUT2D eigenvalue weighted by Gasteiger charge is -2.43. The second kappa shape index (κ2) is 6.15. The zero-order chi connectivity index (χ0) is 19.4. The average Bonchev–Trinajstić information content (AvgIpc) is 2.94. The SMILES string of the molecule is O=C(CN1C(=O)c2ccccc2C1=O)N1CC2CC(C1)c1cccc(=O)n1C2. The molecule has 3 aliphatic heterocycles. The van der Waals surface area contributed by atoms with Crippen molar-refractivity contribution in [1.82, 2.24) is 14.4 Å². The van der Waals surface area contributed by atoms with E-state index in [9.17, 15) is 19.2 Å². The number of carbonyl (C=O) groups excluding carboxylic acids is 3. The monoisotopic (exact) mass is 377 g/mol. The summed E-state index contributed by atoms with van der Waals surface area (Å²) in [7, 11) is 0. The summed E-state index contributed by atoms with van der Waals surface area (Å²) in [5.41, 5.74) is 1.66. The van der Waals surface area contributed by atoms with Crippen LogP contribution in [-0.4, -0.2) is 51.7 Å². The number of likely N-dealkylation sites (tertiary alicyclic amines) is 1. The Kier molecular flexibility index (Phi) is 3.72. The van der Waals surface area contributed by atoms with Gasteiger partial charge in [0.1, 0.15) is 6.54 Å². The van der Waals surface area contributed by atoms with Gasteiger partial charge in [-0.25, -0.2) is 0 Å². The van der Waals surface area contributed by atoms with E-state index in [0.717, 1.165) is 17.0 Å². The number of hydrogen-bond donors (Lipinski definition) is 0. The standard InChI is InChI=1S/C21H19N3O4/c25-18-7-3-6-17-14-8-13(10-23(17)18)9-22(11-14)19(26)12-24-20(27)15-4-1-2-5-16(15)21(24)28/h1-7,13-14H,8-12H2. The molecule has 1 aromatic heterocycles. The van der Waals surface area contributed by atoms with E-state index >= 15 is 0 Å². The van der Waals surface area contributed by atoms with Crippen LogP contribution in [-0.2, 0) is 11.3 Å². The molecule has 28 heavy (non-hydrogen) atoms. The van der Waals surface area contributed by atoms with Crippen molar-refractivity contribution in [3.05, 3.63) is 69.6 Å². The van der Waals surface area contributed by atoms with Crippen LogP contribution in [0.3, 0.4) is 0 Å². The van der Waals surface area contributed by atoms with Gasteiger partial charge in [0.15, 0.2) is 0 Å². The third kappa shape index (κ3) is 2.50. The van der Waals surface area contributed by atoms with E-state index in [1.807, 2.05) is 10.6 Å². The molecule has 2 unspecified atom stereocenters. The Hall–Kier alpha value is -3.22. The largest absolute Gasteiger partial charge is 0.340 e. The van der Waals surface area contributed by atoms with Crippen LogP contribution in [0.1, 0.15) is 38.7 Å². The lowest BCUT2D eigenvalue weighted by Crippen LogP contribution is -2.51. The third-order valence-corrected chi connectivity index (χ3v) is 6.00. The van der Waals surface area contributed by atoms with Gasteiger partial charge < -0.3 is 9.47 Å². The predicted octanol–water partition coefficient (Wildman–Crippen LogP) is 1.09. The summed E-state index contributed by atoms with van der Waals surface area (Å²) in [6, 6.07) is 11.9. The van der Waals surface area contributed by atoms with Crippen LogP contribution >= 0.6 is 0 Å². The van der Waals surface area contributed by atoms with Crippen molar-refractivity contribution in [2.45, 2.75) is 18.9 Å². The Morgan fingerprint density at radius 3 is 2.32 bits per heavy atom. The average molecular weight is 377 g/mol. The first kappa shape index (κ1) is 16.9. The molecule has 0 saturated carbocycles. The smallest absolute Gasteiger partial charge is 0.262 e. The molecule has 1 fully saturated rings. The maximum absolute atomic E-state index is 12.9. The molecule has 0 N–H and O–H groups in total. The molecule has 2 bridgehead atoms. The molecule has 2 aromatic rings. The van der Waals surface area contributed by atoms with Crippen LogP contribution < -0.4 is 5.56 Å². The fraction of sp³-hybridized carbons (Fsp3) is 0.333. The molecule has 4 heterocycles. The summed E-state index contributed by atoms with van der Waals surface area (Å²) in [6.45, 7) is 1.40. The quantitative estimate of drug-likeness (QED) is 0.734. The van der Waals surface area contributed by atoms with Crippen molar-refractivity contribution in [1.29, 1.82) is 0 Å². The zero-order valence-electron chi connectivity index (χ0n) is 15.2. The van der Waals surface area contributed by atoms with Crippen LogP contribution in [0.2, 0.25) is 0 Å². The summed E-state index contributed by atoms with van der Waals surface area (Å²) in [6.07, 6.45) is 0.945. The summed E-state index contributed by atoms with van der Waals surface area (Å²) < 4.78 is 1.81. The Morgan fingerprint density at radius 2 is 1.61 bits per heavy atom. The number of imide groups is 1. The first-order valence-electron chi connectivity index (χ1n) is 9.45. The Labute approximate surface area is 161 Å². The normalized spacial score (nSPS) is 22.9. The van der Waals surface area contributed by atoms with Crippen LogP contribution in [0.5, 0.6) is 0 Å². The molecule has 7 heteroatoms. The summed E-state index contributed by atoms with van der Waals surface area (Å²) in [5.74, 6) is -0.743. The molecule has 0 radical (unpaired) electrons. The number of aromatic nitrogens is 1. The van der Waals surface area contributed by atoms with Crippen molar-refractivity contribution in [2.75, 3.05) is 19.6 Å². The predicted molar refractivity (Wildman–Crippen MR) is 99.9 cm³/mol. The minimum absolute atomic E-state index is 0.00185. The molecule has 3 amide bonds. The Morgan fingerprint density at radius 1 is 0.893 bits per heavy atom. The van der Waals surface area contributed by atoms with E-state index in [-0.39, 0.29) is 29.8 Å². The van der Waals surface area contributed by atoms with Gasteiger partial charge in [-0.05, 0) is 30.5 Å². The highest BCUT2D eigenvalue weighted by Gasteiger charge is 2.40. The van der Waals surface area contributed by atoms with Gasteiger partial charge in [-0.15, -0.1) is 0 Å². The lowest BCUT2D eigenvalue weighted by atomic mass is 9.83. The molecular formula is C21H19N3O4. The number of carbonyl (C=O) groups is 3. The van der Waals surface area contributed by atoms with Crippen LogP contribution in [0.15, 0.2) is 47.3 Å². The van der Waals surface area contributed by atoms with Gasteiger partial charge in [0, 0.05) is 37.3 Å². The van der Waals surface area contributed by atoms with E-state index < -0.39 is 11.8 Å². The highest BCUT2D eigenvalue weighted by atomic mass is 16.2. The number of amides is 3. The molecule has 0 aliphatic carbocycles. The molecule has 2 atom stereocenters. The van der Waals surface area contributed by atoms with Crippen molar-refractivity contribution in [3.63, 3.8) is 0 Å². The molecule has 142 valence electrons. The van der Waals surface area contributed by atoms with E-state index in [1.165, 1.54) is 0 Å². The van der Waals surface area contributed by atoms with Gasteiger partial charge in [0.2, 0.25) is 5.91 Å². The van der Waals surface area contributed by atoms with Crippen molar-refractivity contribution in [2.24, 2.45) is 5.92 Å². The number of hydrogen-bond acceptors (Lipinski definition) is 4. The van der Waals surface area contributed by atoms with Gasteiger partial charge in [-0.1, -0.05) is 18.2 Å². The number of pyridine rings is 1. The van der Waals surface area contributed by atoms with E-state index in [1.54, 1.807) is 41.3 Å². The first-order valence-corrected chi connectivity index (χ1v) is 9.45. The minimum atomic E-state index is -0.414. The van der Waals surface area contributed by atoms with Crippen molar-refractivity contribution >= 4 is 17.7 Å². The summed E-state index contributed by atoms with van der Waals surface area (Å²) >= 11 is 0. The maximum atomic E-state index is 12.9. The zero-order valence-corrected chi connectivity index (χ0v) is 15.2. The molecule has 0 spiro atoms. The number of benzene rings is 1. The van der Waals surface area contributed by atoms with E-state index in [2.05, 4.69) is 0 Å². The van der Waals surface area contributed by atoms with Crippen molar-refractivity contribution in [3.8, 4) is 0 Å². The number of fused-ring (bicyclic) bond motifs is 5. The van der Waals surface area contributed by atoms with E-state index in [0.29, 0.717) is 30.8 Å². The third-order valence-electron chi connectivity index (χ3n) is 6.00. The molecule has 5 rings (SSSR count). The summed E-state index contributed by atoms with van der Waals surface area (Å²) in [4.78, 5) is 52.9. The van der Waals surface area contributed by atoms with E-state index in [4.69, 9.17) is 0 Å². The van der Waals surface area contributed by atoms with Gasteiger partial charge >= 0.3 is 0 Å². The number of piperidine rings is 1. The topological polar surface area (TPSA) is 79.7 Å². The van der Waals surface area contributed by atoms with Crippen molar-refractivity contribution < 1.29 is 14.4 Å². The highest BCUT2D eigenvalue weighted by molar-refractivity contribution is 6.22. The molecule has 7 nitrogen and oxygen atoms in total. The Balaban J connectivity index is 1.35. The second-order valence-corrected chi connectivity index (χ2v) is 7.74. The molecular weight excluding hydrogens is 358 g/mol. The van der Waals surface area contributed by atoms with Gasteiger partial charge in [0.05, 0.1) is 11.1 Å². The van der Waals surface area contributed by atoms with Gasteiger partial charge in [0.25, 0.3) is 17.4 Å². The molecule has 3 aliphatic rings. The summed E-state index contributed by atoms with van der Waals surface area (Å²) in [5, 5.41) is 0. The highest BCUT2D eigenvalue weighted by Crippen LogP contribution is 2.35. The van der Waals surface area contributed by atoms with Crippen LogP contribution in [0, 0.1) is 5.92 Å². The van der Waals surface area contributed by atoms with Gasteiger partial charge in [-0.3, -0.25) is 24.1 Å². The van der Waals surface area contributed by atoms with Crippen LogP contribution in [0.4, 0.5) is 0 Å². The fourth-order valence-corrected chi connectivity index (χ4v) is 4.72. The van der Waals surface area contributed by atoms with Gasteiger partial charge in [-0.2, -0.15) is 0 Å². The molecule has 1 saturated heterocycles. The second-order valence-electron chi connectivity index (χ2n) is 7.74.